The van der Waals surface area contributed by atoms with Gasteiger partial charge in [-0.2, -0.15) is 0 Å². The quantitative estimate of drug-likeness (QED) is 0.807. The number of benzene rings is 1. The Balaban J connectivity index is 1.53. The zero-order chi connectivity index (χ0) is 16.1. The van der Waals surface area contributed by atoms with Gasteiger partial charge in [0, 0.05) is 6.54 Å². The highest BCUT2D eigenvalue weighted by atomic mass is 16.6. The summed E-state index contributed by atoms with van der Waals surface area (Å²) >= 11 is 0. The summed E-state index contributed by atoms with van der Waals surface area (Å²) in [7, 11) is 0. The van der Waals surface area contributed by atoms with Crippen molar-refractivity contribution in [3.05, 3.63) is 60.1 Å². The van der Waals surface area contributed by atoms with Gasteiger partial charge in [-0.05, 0) is 24.3 Å². The lowest BCUT2D eigenvalue weighted by Gasteiger charge is -2.32. The van der Waals surface area contributed by atoms with Crippen molar-refractivity contribution in [2.75, 3.05) is 26.3 Å². The fourth-order valence-corrected chi connectivity index (χ4v) is 2.39. The fraction of sp³-hybridized carbons (Fsp3) is 0.294. The normalized spacial score (nSPS) is 17.7. The molecular weight excluding hydrogens is 298 g/mol. The van der Waals surface area contributed by atoms with Crippen molar-refractivity contribution < 1.29 is 23.5 Å². The fourth-order valence-electron chi connectivity index (χ4n) is 2.39. The average molecular weight is 315 g/mol. The van der Waals surface area contributed by atoms with E-state index >= 15 is 0 Å². The summed E-state index contributed by atoms with van der Waals surface area (Å²) in [6.45, 7) is 1.36. The molecule has 1 aliphatic heterocycles. The van der Waals surface area contributed by atoms with E-state index in [1.165, 1.54) is 6.26 Å². The van der Waals surface area contributed by atoms with Crippen molar-refractivity contribution in [1.82, 2.24) is 4.90 Å². The molecule has 1 atom stereocenters. The third-order valence-electron chi connectivity index (χ3n) is 3.57. The molecule has 23 heavy (non-hydrogen) atoms. The zero-order valence-electron chi connectivity index (χ0n) is 12.5. The van der Waals surface area contributed by atoms with Crippen LogP contribution in [-0.2, 0) is 9.47 Å². The Labute approximate surface area is 133 Å². The first-order valence-electron chi connectivity index (χ1n) is 7.40. The summed E-state index contributed by atoms with van der Waals surface area (Å²) in [5.74, 6) is -0.284. The second-order valence-corrected chi connectivity index (χ2v) is 5.19. The van der Waals surface area contributed by atoms with Crippen molar-refractivity contribution in [2.24, 2.45) is 0 Å². The Morgan fingerprint density at radius 2 is 2.00 bits per heavy atom. The monoisotopic (exact) mass is 315 g/mol. The zero-order valence-corrected chi connectivity index (χ0v) is 12.5. The number of nitrogens with zero attached hydrogens (tertiary/aromatic N) is 1. The van der Waals surface area contributed by atoms with Crippen LogP contribution in [0.4, 0.5) is 0 Å². The van der Waals surface area contributed by atoms with E-state index in [1.807, 2.05) is 6.07 Å². The highest BCUT2D eigenvalue weighted by Crippen LogP contribution is 2.12. The number of hydrogen-bond donors (Lipinski definition) is 0. The molecule has 0 radical (unpaired) electrons. The number of rotatable bonds is 4. The molecule has 6 nitrogen and oxygen atoms in total. The number of hydrogen-bond acceptors (Lipinski definition) is 5. The van der Waals surface area contributed by atoms with E-state index in [9.17, 15) is 9.59 Å². The number of amides is 1. The molecule has 1 amide bonds. The minimum atomic E-state index is -0.399. The number of furan rings is 1. The van der Waals surface area contributed by atoms with Gasteiger partial charge in [0.05, 0.1) is 25.0 Å². The van der Waals surface area contributed by atoms with Gasteiger partial charge in [-0.15, -0.1) is 0 Å². The Morgan fingerprint density at radius 1 is 1.17 bits per heavy atom. The van der Waals surface area contributed by atoms with Gasteiger partial charge < -0.3 is 18.8 Å². The van der Waals surface area contributed by atoms with E-state index in [4.69, 9.17) is 13.9 Å². The summed E-state index contributed by atoms with van der Waals surface area (Å²) in [5.41, 5.74) is 0.492. The van der Waals surface area contributed by atoms with E-state index < -0.39 is 5.97 Å². The lowest BCUT2D eigenvalue weighted by atomic mass is 10.2. The van der Waals surface area contributed by atoms with Gasteiger partial charge in [-0.25, -0.2) is 4.79 Å². The summed E-state index contributed by atoms with van der Waals surface area (Å²) < 4.78 is 15.9. The number of esters is 1. The molecule has 0 bridgehead atoms. The number of carbonyl (C=O) groups is 2. The average Bonchev–Trinajstić information content (AvgIpc) is 3.14. The van der Waals surface area contributed by atoms with Crippen molar-refractivity contribution in [2.45, 2.75) is 6.10 Å². The van der Waals surface area contributed by atoms with Crippen LogP contribution < -0.4 is 0 Å². The minimum absolute atomic E-state index is 0.107. The van der Waals surface area contributed by atoms with Crippen LogP contribution in [0.3, 0.4) is 0 Å². The molecule has 120 valence electrons. The lowest BCUT2D eigenvalue weighted by Crippen LogP contribution is -2.47. The van der Waals surface area contributed by atoms with Crippen molar-refractivity contribution in [3.63, 3.8) is 0 Å². The molecular formula is C17H17NO5. The van der Waals surface area contributed by atoms with Crippen LogP contribution in [0.15, 0.2) is 53.1 Å². The Morgan fingerprint density at radius 3 is 2.74 bits per heavy atom. The first-order chi connectivity index (χ1) is 11.2. The largest absolute Gasteiger partial charge is 0.459 e. The molecule has 2 aromatic rings. The molecule has 1 unspecified atom stereocenters. The highest BCUT2D eigenvalue weighted by Gasteiger charge is 2.27. The molecule has 1 aromatic carbocycles. The van der Waals surface area contributed by atoms with E-state index in [0.29, 0.717) is 31.0 Å². The standard InChI is InChI=1S/C17H17NO5/c19-16(15-7-4-9-22-15)18-8-10-21-14(11-18)12-23-17(20)13-5-2-1-3-6-13/h1-7,9,14H,8,10-12H2. The van der Waals surface area contributed by atoms with Crippen LogP contribution in [-0.4, -0.2) is 49.2 Å². The molecule has 1 saturated heterocycles. The van der Waals surface area contributed by atoms with Crippen LogP contribution >= 0.6 is 0 Å². The van der Waals surface area contributed by atoms with Crippen LogP contribution in [0.1, 0.15) is 20.9 Å². The van der Waals surface area contributed by atoms with Crippen LogP contribution in [0.2, 0.25) is 0 Å². The first-order valence-corrected chi connectivity index (χ1v) is 7.40. The Hall–Kier alpha value is -2.60. The predicted octanol–water partition coefficient (Wildman–Crippen LogP) is 1.98. The molecule has 1 fully saturated rings. The summed E-state index contributed by atoms with van der Waals surface area (Å²) in [5, 5.41) is 0. The maximum absolute atomic E-state index is 12.2. The third kappa shape index (κ3) is 3.78. The summed E-state index contributed by atoms with van der Waals surface area (Å²) in [4.78, 5) is 25.8. The van der Waals surface area contributed by atoms with Gasteiger partial charge in [0.2, 0.25) is 0 Å². The number of morpholine rings is 1. The number of ether oxygens (including phenoxy) is 2. The summed E-state index contributed by atoms with van der Waals surface area (Å²) in [6, 6.07) is 12.1. The Bertz CT molecular complexity index is 653. The highest BCUT2D eigenvalue weighted by molar-refractivity contribution is 5.91. The van der Waals surface area contributed by atoms with Gasteiger partial charge in [0.15, 0.2) is 5.76 Å². The second-order valence-electron chi connectivity index (χ2n) is 5.19. The van der Waals surface area contributed by atoms with Crippen molar-refractivity contribution in [3.8, 4) is 0 Å². The van der Waals surface area contributed by atoms with Crippen LogP contribution in [0.5, 0.6) is 0 Å². The maximum atomic E-state index is 12.2. The summed E-state index contributed by atoms with van der Waals surface area (Å²) in [6.07, 6.45) is 1.13. The third-order valence-corrected chi connectivity index (χ3v) is 3.57. The van der Waals surface area contributed by atoms with Crippen LogP contribution in [0, 0.1) is 0 Å². The molecule has 1 aliphatic rings. The molecule has 0 spiro atoms. The molecule has 1 aromatic heterocycles. The Kier molecular flexibility index (Phi) is 4.73. The SMILES string of the molecule is O=C(OCC1CN(C(=O)c2ccco2)CCO1)c1ccccc1. The molecule has 2 heterocycles. The molecule has 0 saturated carbocycles. The first kappa shape index (κ1) is 15.3. The molecule has 6 heteroatoms. The maximum Gasteiger partial charge on any atom is 0.338 e. The van der Waals surface area contributed by atoms with Gasteiger partial charge >= 0.3 is 5.97 Å². The van der Waals surface area contributed by atoms with Gasteiger partial charge in [0.1, 0.15) is 12.7 Å². The van der Waals surface area contributed by atoms with E-state index in [1.54, 1.807) is 41.3 Å². The number of carbonyl (C=O) groups excluding carboxylic acids is 2. The van der Waals surface area contributed by atoms with E-state index in [0.717, 1.165) is 0 Å². The lowest BCUT2D eigenvalue weighted by molar-refractivity contribution is -0.0522. The van der Waals surface area contributed by atoms with Crippen molar-refractivity contribution in [1.29, 1.82) is 0 Å². The minimum Gasteiger partial charge on any atom is -0.459 e. The molecule has 0 aliphatic carbocycles. The van der Waals surface area contributed by atoms with Gasteiger partial charge in [-0.1, -0.05) is 18.2 Å². The van der Waals surface area contributed by atoms with Gasteiger partial charge in [0.25, 0.3) is 5.91 Å². The molecule has 3 rings (SSSR count). The van der Waals surface area contributed by atoms with Crippen LogP contribution in [0.25, 0.3) is 0 Å². The van der Waals surface area contributed by atoms with Gasteiger partial charge in [-0.3, -0.25) is 4.79 Å². The van der Waals surface area contributed by atoms with E-state index in [-0.39, 0.29) is 18.6 Å². The van der Waals surface area contributed by atoms with E-state index in [2.05, 4.69) is 0 Å². The molecule has 0 N–H and O–H groups in total. The van der Waals surface area contributed by atoms with Crippen molar-refractivity contribution >= 4 is 11.9 Å². The second kappa shape index (κ2) is 7.11. The topological polar surface area (TPSA) is 69.0 Å². The predicted molar refractivity (Wildman–Crippen MR) is 81.1 cm³/mol. The smallest absolute Gasteiger partial charge is 0.338 e.